The summed E-state index contributed by atoms with van der Waals surface area (Å²) >= 11 is 0. The molecule has 0 heterocycles. The van der Waals surface area contributed by atoms with Crippen molar-refractivity contribution in [3.63, 3.8) is 0 Å². The minimum atomic E-state index is -1.11. The van der Waals surface area contributed by atoms with Crippen LogP contribution in [0.1, 0.15) is 25.7 Å². The number of nitrogens with one attached hydrogen (secondary N) is 2. The van der Waals surface area contributed by atoms with Crippen molar-refractivity contribution in [2.45, 2.75) is 37.8 Å². The predicted octanol–water partition coefficient (Wildman–Crippen LogP) is -0.360. The first-order chi connectivity index (χ1) is 7.09. The fraction of sp³-hybridized carbons (Fsp3) is 0.778. The summed E-state index contributed by atoms with van der Waals surface area (Å²) in [5.41, 5.74) is 5.23. The molecule has 2 amide bonds. The zero-order valence-electron chi connectivity index (χ0n) is 8.53. The minimum absolute atomic E-state index is 0.0477. The van der Waals surface area contributed by atoms with Gasteiger partial charge in [0, 0.05) is 12.6 Å². The number of nitrogens with two attached hydrogens (primary N) is 1. The van der Waals surface area contributed by atoms with Gasteiger partial charge in [0.15, 0.2) is 0 Å². The fourth-order valence-corrected chi connectivity index (χ4v) is 1.60. The number of carbonyl (C=O) groups excluding carboxylic acids is 1. The van der Waals surface area contributed by atoms with Crippen LogP contribution in [0.2, 0.25) is 0 Å². The molecule has 0 bridgehead atoms. The molecule has 86 valence electrons. The lowest BCUT2D eigenvalue weighted by molar-refractivity contribution is -0.138. The second-order valence-corrected chi connectivity index (χ2v) is 3.78. The SMILES string of the molecule is N[C@@H](CNC(=O)NC1CCCC1)C(=O)O. The molecule has 0 aromatic heterocycles. The number of hydrogen-bond acceptors (Lipinski definition) is 3. The predicted molar refractivity (Wildman–Crippen MR) is 54.4 cm³/mol. The summed E-state index contributed by atoms with van der Waals surface area (Å²) in [6.07, 6.45) is 4.27. The van der Waals surface area contributed by atoms with E-state index in [1.165, 1.54) is 0 Å². The molecule has 1 atom stereocenters. The lowest BCUT2D eigenvalue weighted by Crippen LogP contribution is -2.47. The normalized spacial score (nSPS) is 18.5. The highest BCUT2D eigenvalue weighted by molar-refractivity contribution is 5.77. The van der Waals surface area contributed by atoms with Gasteiger partial charge in [-0.05, 0) is 12.8 Å². The highest BCUT2D eigenvalue weighted by atomic mass is 16.4. The highest BCUT2D eigenvalue weighted by Gasteiger charge is 2.18. The average Bonchev–Trinajstić information content (AvgIpc) is 2.66. The Bertz CT molecular complexity index is 239. The van der Waals surface area contributed by atoms with Crippen LogP contribution in [0.25, 0.3) is 0 Å². The molecule has 0 saturated heterocycles. The van der Waals surface area contributed by atoms with Crippen LogP contribution in [0, 0.1) is 0 Å². The van der Waals surface area contributed by atoms with Crippen molar-refractivity contribution >= 4 is 12.0 Å². The highest BCUT2D eigenvalue weighted by Crippen LogP contribution is 2.17. The molecule has 1 saturated carbocycles. The molecule has 0 aromatic carbocycles. The number of carbonyl (C=O) groups is 2. The molecule has 1 aliphatic carbocycles. The molecular weight excluding hydrogens is 198 g/mol. The van der Waals surface area contributed by atoms with Crippen molar-refractivity contribution in [1.29, 1.82) is 0 Å². The van der Waals surface area contributed by atoms with E-state index in [9.17, 15) is 9.59 Å². The molecule has 0 unspecified atom stereocenters. The first-order valence-corrected chi connectivity index (χ1v) is 5.12. The van der Waals surface area contributed by atoms with Crippen LogP contribution in [-0.2, 0) is 4.79 Å². The van der Waals surface area contributed by atoms with Gasteiger partial charge in [0.1, 0.15) is 6.04 Å². The summed E-state index contributed by atoms with van der Waals surface area (Å²) in [4.78, 5) is 21.6. The van der Waals surface area contributed by atoms with E-state index in [1.54, 1.807) is 0 Å². The van der Waals surface area contributed by atoms with Gasteiger partial charge < -0.3 is 21.5 Å². The van der Waals surface area contributed by atoms with Gasteiger partial charge in [-0.3, -0.25) is 4.79 Å². The van der Waals surface area contributed by atoms with Crippen molar-refractivity contribution in [2.24, 2.45) is 5.73 Å². The molecular formula is C9H17N3O3. The van der Waals surface area contributed by atoms with Gasteiger partial charge in [0.05, 0.1) is 0 Å². The summed E-state index contributed by atoms with van der Waals surface area (Å²) in [5.74, 6) is -1.11. The third-order valence-corrected chi connectivity index (χ3v) is 2.49. The fourth-order valence-electron chi connectivity index (χ4n) is 1.60. The quantitative estimate of drug-likeness (QED) is 0.514. The number of hydrogen-bond donors (Lipinski definition) is 4. The van der Waals surface area contributed by atoms with E-state index in [0.29, 0.717) is 0 Å². The van der Waals surface area contributed by atoms with Gasteiger partial charge >= 0.3 is 12.0 Å². The van der Waals surface area contributed by atoms with E-state index in [2.05, 4.69) is 10.6 Å². The zero-order chi connectivity index (χ0) is 11.3. The number of urea groups is 1. The average molecular weight is 215 g/mol. The van der Waals surface area contributed by atoms with E-state index in [-0.39, 0.29) is 18.6 Å². The van der Waals surface area contributed by atoms with E-state index < -0.39 is 12.0 Å². The molecule has 1 fully saturated rings. The van der Waals surface area contributed by atoms with E-state index in [1.807, 2.05) is 0 Å². The molecule has 5 N–H and O–H groups in total. The molecule has 15 heavy (non-hydrogen) atoms. The van der Waals surface area contributed by atoms with Gasteiger partial charge in [-0.25, -0.2) is 4.79 Å². The Balaban J connectivity index is 2.15. The summed E-state index contributed by atoms with van der Waals surface area (Å²) in [6.45, 7) is -0.0477. The first kappa shape index (κ1) is 11.8. The Kier molecular flexibility index (Phi) is 4.36. The van der Waals surface area contributed by atoms with E-state index >= 15 is 0 Å². The summed E-state index contributed by atoms with van der Waals surface area (Å²) < 4.78 is 0. The lowest BCUT2D eigenvalue weighted by Gasteiger charge is -2.13. The molecule has 0 aliphatic heterocycles. The van der Waals surface area contributed by atoms with Gasteiger partial charge in [0.2, 0.25) is 0 Å². The monoisotopic (exact) mass is 215 g/mol. The van der Waals surface area contributed by atoms with Crippen LogP contribution >= 0.6 is 0 Å². The summed E-state index contributed by atoms with van der Waals surface area (Å²) in [7, 11) is 0. The number of rotatable bonds is 4. The number of carboxylic acid groups (broad SMARTS) is 1. The van der Waals surface area contributed by atoms with Gasteiger partial charge in [-0.15, -0.1) is 0 Å². The largest absolute Gasteiger partial charge is 0.480 e. The standard InChI is InChI=1S/C9H17N3O3/c10-7(8(13)14)5-11-9(15)12-6-3-1-2-4-6/h6-7H,1-5,10H2,(H,13,14)(H2,11,12,15)/t7-/m0/s1. The summed E-state index contributed by atoms with van der Waals surface area (Å²) in [6, 6.07) is -1.15. The van der Waals surface area contributed by atoms with E-state index in [4.69, 9.17) is 10.8 Å². The Morgan fingerprint density at radius 2 is 2.00 bits per heavy atom. The Labute approximate surface area is 88.2 Å². The van der Waals surface area contributed by atoms with Gasteiger partial charge in [-0.2, -0.15) is 0 Å². The van der Waals surface area contributed by atoms with Crippen LogP contribution in [0.4, 0.5) is 4.79 Å². The smallest absolute Gasteiger partial charge is 0.322 e. The molecule has 1 aliphatic rings. The van der Waals surface area contributed by atoms with Crippen LogP contribution < -0.4 is 16.4 Å². The maximum absolute atomic E-state index is 11.3. The Hall–Kier alpha value is -1.30. The molecule has 0 spiro atoms. The second-order valence-electron chi connectivity index (χ2n) is 3.78. The number of aliphatic carboxylic acids is 1. The van der Waals surface area contributed by atoms with Crippen molar-refractivity contribution in [3.05, 3.63) is 0 Å². The first-order valence-electron chi connectivity index (χ1n) is 5.12. The molecule has 1 rings (SSSR count). The van der Waals surface area contributed by atoms with Crippen molar-refractivity contribution < 1.29 is 14.7 Å². The number of carboxylic acids is 1. The molecule has 6 nitrogen and oxygen atoms in total. The zero-order valence-corrected chi connectivity index (χ0v) is 8.53. The third kappa shape index (κ3) is 4.16. The van der Waals surface area contributed by atoms with Crippen molar-refractivity contribution in [2.75, 3.05) is 6.54 Å². The third-order valence-electron chi connectivity index (χ3n) is 2.49. The van der Waals surface area contributed by atoms with Crippen molar-refractivity contribution in [1.82, 2.24) is 10.6 Å². The summed E-state index contributed by atoms with van der Waals surface area (Å²) in [5, 5.41) is 13.7. The Morgan fingerprint density at radius 3 is 2.53 bits per heavy atom. The topological polar surface area (TPSA) is 104 Å². The van der Waals surface area contributed by atoms with Crippen LogP contribution in [0.15, 0.2) is 0 Å². The number of amides is 2. The van der Waals surface area contributed by atoms with Crippen LogP contribution in [-0.4, -0.2) is 35.7 Å². The maximum Gasteiger partial charge on any atom is 0.322 e. The lowest BCUT2D eigenvalue weighted by atomic mass is 10.2. The van der Waals surface area contributed by atoms with E-state index in [0.717, 1.165) is 25.7 Å². The minimum Gasteiger partial charge on any atom is -0.480 e. The van der Waals surface area contributed by atoms with Crippen LogP contribution in [0.3, 0.4) is 0 Å². The molecule has 0 radical (unpaired) electrons. The Morgan fingerprint density at radius 1 is 1.40 bits per heavy atom. The van der Waals surface area contributed by atoms with Gasteiger partial charge in [-0.1, -0.05) is 12.8 Å². The second kappa shape index (κ2) is 5.55. The van der Waals surface area contributed by atoms with Crippen molar-refractivity contribution in [3.8, 4) is 0 Å². The van der Waals surface area contributed by atoms with Crippen LogP contribution in [0.5, 0.6) is 0 Å². The van der Waals surface area contributed by atoms with Gasteiger partial charge in [0.25, 0.3) is 0 Å². The molecule has 6 heteroatoms. The maximum atomic E-state index is 11.3. The molecule has 0 aromatic rings.